The molecule has 0 N–H and O–H groups in total. The van der Waals surface area contributed by atoms with E-state index in [1.807, 2.05) is 24.3 Å². The number of ether oxygens (including phenoxy) is 1. The van der Waals surface area contributed by atoms with Gasteiger partial charge in [-0.05, 0) is 48.7 Å². The summed E-state index contributed by atoms with van der Waals surface area (Å²) < 4.78 is 18.5. The number of ketones is 1. The van der Waals surface area contributed by atoms with Crippen LogP contribution in [0.4, 0.5) is 4.39 Å². The van der Waals surface area contributed by atoms with Gasteiger partial charge in [-0.2, -0.15) is 0 Å². The molecule has 0 aliphatic rings. The van der Waals surface area contributed by atoms with Gasteiger partial charge in [0.1, 0.15) is 11.6 Å². The van der Waals surface area contributed by atoms with Crippen molar-refractivity contribution in [2.75, 3.05) is 6.61 Å². The fourth-order valence-electron chi connectivity index (χ4n) is 2.13. The van der Waals surface area contributed by atoms with Crippen LogP contribution in [0.15, 0.2) is 48.5 Å². The largest absolute Gasteiger partial charge is 0.493 e. The second-order valence-electron chi connectivity index (χ2n) is 4.84. The molecular weight excluding hydrogens is 267 g/mol. The summed E-state index contributed by atoms with van der Waals surface area (Å²) in [5.74, 6) is 0.572. The van der Waals surface area contributed by atoms with Crippen LogP contribution in [0.5, 0.6) is 5.75 Å². The molecule has 2 aromatic carbocycles. The maximum Gasteiger partial charge on any atom is 0.163 e. The smallest absolute Gasteiger partial charge is 0.163 e. The van der Waals surface area contributed by atoms with Crippen LogP contribution in [0.3, 0.4) is 0 Å². The van der Waals surface area contributed by atoms with Crippen LogP contribution < -0.4 is 4.74 Å². The Labute approximate surface area is 124 Å². The van der Waals surface area contributed by atoms with Gasteiger partial charge in [0.25, 0.3) is 0 Å². The predicted octanol–water partition coefficient (Wildman–Crippen LogP) is 4.43. The Balaban J connectivity index is 1.79. The molecule has 0 aliphatic carbocycles. The Hall–Kier alpha value is -2.16. The fourth-order valence-corrected chi connectivity index (χ4v) is 2.13. The van der Waals surface area contributed by atoms with Crippen molar-refractivity contribution in [1.82, 2.24) is 0 Å². The zero-order chi connectivity index (χ0) is 15.1. The van der Waals surface area contributed by atoms with Crippen LogP contribution in [-0.4, -0.2) is 12.4 Å². The molecule has 0 spiro atoms. The fraction of sp³-hybridized carbons (Fsp3) is 0.278. The van der Waals surface area contributed by atoms with Crippen LogP contribution in [-0.2, 0) is 6.42 Å². The number of para-hydroxylation sites is 1. The van der Waals surface area contributed by atoms with Gasteiger partial charge < -0.3 is 4.74 Å². The molecule has 21 heavy (non-hydrogen) atoms. The summed E-state index contributed by atoms with van der Waals surface area (Å²) in [5.41, 5.74) is 1.72. The molecule has 2 aromatic rings. The molecule has 0 heterocycles. The van der Waals surface area contributed by atoms with E-state index in [9.17, 15) is 9.18 Å². The monoisotopic (exact) mass is 286 g/mol. The standard InChI is InChI=1S/C18H19FO2/c1-2-14-6-3-4-8-18(14)21-13-5-7-17(20)15-9-11-16(19)12-10-15/h3-4,6,8-12H,2,5,7,13H2,1H3. The Bertz CT molecular complexity index is 590. The molecule has 0 atom stereocenters. The minimum absolute atomic E-state index is 0.0161. The van der Waals surface area contributed by atoms with E-state index in [0.29, 0.717) is 25.0 Å². The minimum Gasteiger partial charge on any atom is -0.493 e. The van der Waals surface area contributed by atoms with Crippen molar-refractivity contribution in [3.8, 4) is 5.75 Å². The summed E-state index contributed by atoms with van der Waals surface area (Å²) in [6.07, 6.45) is 1.97. The van der Waals surface area contributed by atoms with E-state index in [0.717, 1.165) is 12.2 Å². The lowest BCUT2D eigenvalue weighted by Gasteiger charge is -2.09. The normalized spacial score (nSPS) is 10.4. The summed E-state index contributed by atoms with van der Waals surface area (Å²) in [6.45, 7) is 2.59. The van der Waals surface area contributed by atoms with Gasteiger partial charge in [0, 0.05) is 12.0 Å². The molecule has 0 fully saturated rings. The zero-order valence-corrected chi connectivity index (χ0v) is 12.1. The van der Waals surface area contributed by atoms with E-state index >= 15 is 0 Å². The average molecular weight is 286 g/mol. The molecule has 2 rings (SSSR count). The molecule has 0 aliphatic heterocycles. The highest BCUT2D eigenvalue weighted by molar-refractivity contribution is 5.95. The number of rotatable bonds is 7. The molecule has 0 unspecified atom stereocenters. The van der Waals surface area contributed by atoms with Crippen molar-refractivity contribution >= 4 is 5.78 Å². The van der Waals surface area contributed by atoms with Gasteiger partial charge in [-0.15, -0.1) is 0 Å². The average Bonchev–Trinajstić information content (AvgIpc) is 2.52. The minimum atomic E-state index is -0.328. The van der Waals surface area contributed by atoms with Gasteiger partial charge in [0.15, 0.2) is 5.78 Å². The molecule has 0 aromatic heterocycles. The first-order valence-corrected chi connectivity index (χ1v) is 7.20. The maximum atomic E-state index is 12.8. The van der Waals surface area contributed by atoms with E-state index in [4.69, 9.17) is 4.74 Å². The molecule has 0 amide bonds. The highest BCUT2D eigenvalue weighted by atomic mass is 19.1. The number of benzene rings is 2. The van der Waals surface area contributed by atoms with Gasteiger partial charge in [0.2, 0.25) is 0 Å². The molecular formula is C18H19FO2. The zero-order valence-electron chi connectivity index (χ0n) is 12.1. The van der Waals surface area contributed by atoms with E-state index < -0.39 is 0 Å². The Morgan fingerprint density at radius 2 is 1.81 bits per heavy atom. The lowest BCUT2D eigenvalue weighted by atomic mass is 10.1. The van der Waals surface area contributed by atoms with Crippen molar-refractivity contribution in [2.24, 2.45) is 0 Å². The van der Waals surface area contributed by atoms with Gasteiger partial charge >= 0.3 is 0 Å². The van der Waals surface area contributed by atoms with E-state index in [-0.39, 0.29) is 11.6 Å². The van der Waals surface area contributed by atoms with Crippen LogP contribution in [0.25, 0.3) is 0 Å². The number of aryl methyl sites for hydroxylation is 1. The third-order valence-corrected chi connectivity index (χ3v) is 3.33. The first-order valence-electron chi connectivity index (χ1n) is 7.20. The van der Waals surface area contributed by atoms with Gasteiger partial charge in [0.05, 0.1) is 6.61 Å². The third-order valence-electron chi connectivity index (χ3n) is 3.33. The van der Waals surface area contributed by atoms with Crippen molar-refractivity contribution < 1.29 is 13.9 Å². The van der Waals surface area contributed by atoms with Gasteiger partial charge in [-0.25, -0.2) is 4.39 Å². The SMILES string of the molecule is CCc1ccccc1OCCCC(=O)c1ccc(F)cc1. The van der Waals surface area contributed by atoms with Crippen molar-refractivity contribution in [3.63, 3.8) is 0 Å². The first-order chi connectivity index (χ1) is 10.2. The number of carbonyl (C=O) groups is 1. The van der Waals surface area contributed by atoms with E-state index in [1.165, 1.54) is 29.8 Å². The lowest BCUT2D eigenvalue weighted by molar-refractivity contribution is 0.0973. The molecule has 0 bridgehead atoms. The van der Waals surface area contributed by atoms with Crippen molar-refractivity contribution in [3.05, 3.63) is 65.5 Å². The Morgan fingerprint density at radius 3 is 2.52 bits per heavy atom. The predicted molar refractivity (Wildman–Crippen MR) is 81.3 cm³/mol. The number of hydrogen-bond donors (Lipinski definition) is 0. The Morgan fingerprint density at radius 1 is 1.10 bits per heavy atom. The van der Waals surface area contributed by atoms with Crippen LogP contribution in [0.1, 0.15) is 35.7 Å². The quantitative estimate of drug-likeness (QED) is 0.556. The van der Waals surface area contributed by atoms with Crippen LogP contribution in [0.2, 0.25) is 0 Å². The number of carbonyl (C=O) groups excluding carboxylic acids is 1. The highest BCUT2D eigenvalue weighted by Gasteiger charge is 2.06. The molecule has 3 heteroatoms. The first kappa shape index (κ1) is 15.2. The van der Waals surface area contributed by atoms with Crippen molar-refractivity contribution in [2.45, 2.75) is 26.2 Å². The summed E-state index contributed by atoms with van der Waals surface area (Å²) >= 11 is 0. The van der Waals surface area contributed by atoms with Gasteiger partial charge in [-0.3, -0.25) is 4.79 Å². The Kier molecular flexibility index (Phi) is 5.50. The third kappa shape index (κ3) is 4.42. The molecule has 0 saturated heterocycles. The number of hydrogen-bond acceptors (Lipinski definition) is 2. The summed E-state index contributed by atoms with van der Waals surface area (Å²) in [4.78, 5) is 11.9. The van der Waals surface area contributed by atoms with E-state index in [2.05, 4.69) is 6.92 Å². The summed E-state index contributed by atoms with van der Waals surface area (Å²) in [6, 6.07) is 13.6. The topological polar surface area (TPSA) is 26.3 Å². The van der Waals surface area contributed by atoms with Crippen molar-refractivity contribution in [1.29, 1.82) is 0 Å². The molecule has 0 radical (unpaired) electrons. The second-order valence-corrected chi connectivity index (χ2v) is 4.84. The van der Waals surface area contributed by atoms with Crippen LogP contribution in [0, 0.1) is 5.82 Å². The molecule has 2 nitrogen and oxygen atoms in total. The second kappa shape index (κ2) is 7.58. The molecule has 0 saturated carbocycles. The highest BCUT2D eigenvalue weighted by Crippen LogP contribution is 2.18. The van der Waals surface area contributed by atoms with Crippen LogP contribution >= 0.6 is 0 Å². The maximum absolute atomic E-state index is 12.8. The lowest BCUT2D eigenvalue weighted by Crippen LogP contribution is -2.05. The molecule has 110 valence electrons. The van der Waals surface area contributed by atoms with E-state index in [1.54, 1.807) is 0 Å². The number of halogens is 1. The summed E-state index contributed by atoms with van der Waals surface area (Å²) in [5, 5.41) is 0. The summed E-state index contributed by atoms with van der Waals surface area (Å²) in [7, 11) is 0. The van der Waals surface area contributed by atoms with Gasteiger partial charge in [-0.1, -0.05) is 25.1 Å². The number of Topliss-reactive ketones (excluding diaryl/α,β-unsaturated/α-hetero) is 1.